The Morgan fingerprint density at radius 3 is 2.69 bits per heavy atom. The number of ether oxygens (including phenoxy) is 1. The molecule has 2 aromatic rings. The van der Waals surface area contributed by atoms with Crippen molar-refractivity contribution in [1.82, 2.24) is 10.2 Å². The van der Waals surface area contributed by atoms with Crippen molar-refractivity contribution < 1.29 is 9.53 Å². The summed E-state index contributed by atoms with van der Waals surface area (Å²) in [5, 5.41) is 6.45. The number of carbonyl (C=O) groups excluding carboxylic acids is 1. The fourth-order valence-electron chi connectivity index (χ4n) is 4.21. The summed E-state index contributed by atoms with van der Waals surface area (Å²) in [5.41, 5.74) is 4.65. The van der Waals surface area contributed by atoms with Gasteiger partial charge in [0.15, 0.2) is 5.96 Å². The number of carbonyl (C=O) groups is 1. The number of aliphatic imine (C=N–C) groups is 1. The highest BCUT2D eigenvalue weighted by Crippen LogP contribution is 2.20. The number of likely N-dealkylation sites (tertiary alicyclic amines) is 1. The lowest BCUT2D eigenvalue weighted by Gasteiger charge is -2.31. The minimum atomic E-state index is -0.324. The van der Waals surface area contributed by atoms with Gasteiger partial charge in [-0.3, -0.25) is 9.79 Å². The van der Waals surface area contributed by atoms with Gasteiger partial charge < -0.3 is 20.3 Å². The molecule has 2 aromatic carbocycles. The molecule has 2 saturated heterocycles. The molecular formula is C26H32N4O2. The van der Waals surface area contributed by atoms with Crippen molar-refractivity contribution >= 4 is 23.6 Å². The molecule has 2 aliphatic heterocycles. The molecule has 32 heavy (non-hydrogen) atoms. The van der Waals surface area contributed by atoms with Crippen LogP contribution in [-0.4, -0.2) is 49.6 Å². The third-order valence-corrected chi connectivity index (χ3v) is 5.95. The Hall–Kier alpha value is -3.12. The predicted octanol–water partition coefficient (Wildman–Crippen LogP) is 4.06. The number of hydrogen-bond acceptors (Lipinski definition) is 3. The van der Waals surface area contributed by atoms with Crippen molar-refractivity contribution in [3.05, 3.63) is 71.3 Å². The second-order valence-corrected chi connectivity index (χ2v) is 8.29. The predicted molar refractivity (Wildman–Crippen MR) is 129 cm³/mol. The normalized spacial score (nSPS) is 19.0. The summed E-state index contributed by atoms with van der Waals surface area (Å²) in [5.74, 6) is 0.855. The van der Waals surface area contributed by atoms with Crippen molar-refractivity contribution in [3.8, 4) is 0 Å². The van der Waals surface area contributed by atoms with Crippen LogP contribution in [0.2, 0.25) is 0 Å². The van der Waals surface area contributed by atoms with E-state index in [1.165, 1.54) is 11.1 Å². The molecule has 2 N–H and O–H groups in total. The van der Waals surface area contributed by atoms with Gasteiger partial charge in [-0.05, 0) is 48.9 Å². The number of hydrogen-bond donors (Lipinski definition) is 2. The Morgan fingerprint density at radius 2 is 1.97 bits per heavy atom. The van der Waals surface area contributed by atoms with E-state index < -0.39 is 0 Å². The average Bonchev–Trinajstić information content (AvgIpc) is 3.37. The maximum atomic E-state index is 12.3. The monoisotopic (exact) mass is 432 g/mol. The number of rotatable bonds is 5. The molecule has 4 rings (SSSR count). The van der Waals surface area contributed by atoms with E-state index in [-0.39, 0.29) is 12.0 Å². The SMILES string of the molecule is CN=C(NCc1cccc(NC(=O)C2CCCO2)c1)N1CCC(=Cc2ccccc2)CC1. The highest BCUT2D eigenvalue weighted by molar-refractivity contribution is 5.94. The van der Waals surface area contributed by atoms with E-state index in [9.17, 15) is 4.79 Å². The molecule has 0 radical (unpaired) electrons. The molecule has 6 heteroatoms. The zero-order valence-corrected chi connectivity index (χ0v) is 18.7. The largest absolute Gasteiger partial charge is 0.368 e. The van der Waals surface area contributed by atoms with Crippen molar-refractivity contribution in [2.24, 2.45) is 4.99 Å². The number of amides is 1. The number of nitrogens with zero attached hydrogens (tertiary/aromatic N) is 2. The minimum absolute atomic E-state index is 0.0592. The molecule has 6 nitrogen and oxygen atoms in total. The topological polar surface area (TPSA) is 66.0 Å². The quantitative estimate of drug-likeness (QED) is 0.552. The fourth-order valence-corrected chi connectivity index (χ4v) is 4.21. The number of guanidine groups is 1. The van der Waals surface area contributed by atoms with Crippen LogP contribution in [0, 0.1) is 0 Å². The van der Waals surface area contributed by atoms with Crippen molar-refractivity contribution in [3.63, 3.8) is 0 Å². The number of anilines is 1. The van der Waals surface area contributed by atoms with E-state index >= 15 is 0 Å². The second-order valence-electron chi connectivity index (χ2n) is 8.29. The van der Waals surface area contributed by atoms with Crippen LogP contribution in [0.5, 0.6) is 0 Å². The molecule has 0 saturated carbocycles. The van der Waals surface area contributed by atoms with Gasteiger partial charge in [0.2, 0.25) is 0 Å². The highest BCUT2D eigenvalue weighted by atomic mass is 16.5. The maximum absolute atomic E-state index is 12.3. The van der Waals surface area contributed by atoms with E-state index in [1.807, 2.05) is 31.3 Å². The van der Waals surface area contributed by atoms with Gasteiger partial charge in [0, 0.05) is 39.0 Å². The van der Waals surface area contributed by atoms with Gasteiger partial charge in [-0.25, -0.2) is 0 Å². The van der Waals surface area contributed by atoms with Crippen LogP contribution in [0.4, 0.5) is 5.69 Å². The van der Waals surface area contributed by atoms with Crippen molar-refractivity contribution in [2.45, 2.75) is 38.3 Å². The van der Waals surface area contributed by atoms with E-state index in [1.54, 1.807) is 0 Å². The van der Waals surface area contributed by atoms with Crippen LogP contribution in [0.1, 0.15) is 36.8 Å². The maximum Gasteiger partial charge on any atom is 0.253 e. The number of benzene rings is 2. The molecular weight excluding hydrogens is 400 g/mol. The van der Waals surface area contributed by atoms with Gasteiger partial charge >= 0.3 is 0 Å². The van der Waals surface area contributed by atoms with Crippen LogP contribution < -0.4 is 10.6 Å². The zero-order valence-electron chi connectivity index (χ0n) is 18.7. The fraction of sp³-hybridized carbons (Fsp3) is 0.385. The van der Waals surface area contributed by atoms with E-state index in [2.05, 4.69) is 56.9 Å². The standard InChI is InChI=1S/C26H32N4O2/c1-27-26(30-14-12-21(13-15-30)17-20-7-3-2-4-8-20)28-19-22-9-5-10-23(18-22)29-25(31)24-11-6-16-32-24/h2-5,7-10,17-18,24H,6,11-16,19H2,1H3,(H,27,28)(H,29,31). The molecule has 2 heterocycles. The third kappa shape index (κ3) is 5.98. The highest BCUT2D eigenvalue weighted by Gasteiger charge is 2.23. The average molecular weight is 433 g/mol. The number of piperidine rings is 1. The van der Waals surface area contributed by atoms with Crippen molar-refractivity contribution in [1.29, 1.82) is 0 Å². The summed E-state index contributed by atoms with van der Waals surface area (Å²) in [6, 6.07) is 18.4. The molecule has 2 fully saturated rings. The lowest BCUT2D eigenvalue weighted by Crippen LogP contribution is -2.44. The van der Waals surface area contributed by atoms with Crippen LogP contribution in [0.25, 0.3) is 6.08 Å². The van der Waals surface area contributed by atoms with Gasteiger partial charge in [0.25, 0.3) is 5.91 Å². The molecule has 1 unspecified atom stereocenters. The van der Waals surface area contributed by atoms with Gasteiger partial charge in [-0.2, -0.15) is 0 Å². The zero-order chi connectivity index (χ0) is 22.2. The molecule has 1 amide bonds. The Labute approximate surface area is 190 Å². The molecule has 0 bridgehead atoms. The minimum Gasteiger partial charge on any atom is -0.368 e. The first-order valence-electron chi connectivity index (χ1n) is 11.4. The van der Waals surface area contributed by atoms with Crippen LogP contribution >= 0.6 is 0 Å². The first-order chi connectivity index (χ1) is 15.7. The summed E-state index contributed by atoms with van der Waals surface area (Å²) >= 11 is 0. The van der Waals surface area contributed by atoms with Gasteiger partial charge in [-0.15, -0.1) is 0 Å². The summed E-state index contributed by atoms with van der Waals surface area (Å²) in [7, 11) is 1.83. The Kier molecular flexibility index (Phi) is 7.56. The van der Waals surface area contributed by atoms with Gasteiger partial charge in [-0.1, -0.05) is 54.1 Å². The van der Waals surface area contributed by atoms with Gasteiger partial charge in [0.1, 0.15) is 6.10 Å². The van der Waals surface area contributed by atoms with E-state index in [0.717, 1.165) is 56.0 Å². The van der Waals surface area contributed by atoms with Crippen LogP contribution in [0.15, 0.2) is 65.2 Å². The Balaban J connectivity index is 1.28. The summed E-state index contributed by atoms with van der Waals surface area (Å²) < 4.78 is 5.47. The molecule has 0 aliphatic carbocycles. The van der Waals surface area contributed by atoms with Crippen molar-refractivity contribution in [2.75, 3.05) is 32.1 Å². The Bertz CT molecular complexity index is 955. The molecule has 168 valence electrons. The molecule has 0 aromatic heterocycles. The smallest absolute Gasteiger partial charge is 0.253 e. The third-order valence-electron chi connectivity index (χ3n) is 5.95. The first-order valence-corrected chi connectivity index (χ1v) is 11.4. The van der Waals surface area contributed by atoms with E-state index in [4.69, 9.17) is 4.74 Å². The summed E-state index contributed by atoms with van der Waals surface area (Å²) in [6.07, 6.45) is 5.81. The van der Waals surface area contributed by atoms with Crippen LogP contribution in [-0.2, 0) is 16.1 Å². The summed E-state index contributed by atoms with van der Waals surface area (Å²) in [6.45, 7) is 3.23. The number of nitrogens with one attached hydrogen (secondary N) is 2. The first kappa shape index (κ1) is 22.1. The van der Waals surface area contributed by atoms with Crippen LogP contribution in [0.3, 0.4) is 0 Å². The van der Waals surface area contributed by atoms with Gasteiger partial charge in [0.05, 0.1) is 0 Å². The molecule has 0 spiro atoms. The van der Waals surface area contributed by atoms with E-state index in [0.29, 0.717) is 13.2 Å². The second kappa shape index (κ2) is 11.0. The summed E-state index contributed by atoms with van der Waals surface area (Å²) in [4.78, 5) is 19.1. The molecule has 1 atom stereocenters. The molecule has 2 aliphatic rings. The lowest BCUT2D eigenvalue weighted by molar-refractivity contribution is -0.124. The Morgan fingerprint density at radius 1 is 1.16 bits per heavy atom. The lowest BCUT2D eigenvalue weighted by atomic mass is 10.0.